The first kappa shape index (κ1) is 4.32. The molecule has 2 rings (SSSR count). The van der Waals surface area contributed by atoms with Crippen LogP contribution in [0.15, 0.2) is 33.1 Å². The van der Waals surface area contributed by atoms with E-state index in [9.17, 15) is 0 Å². The summed E-state index contributed by atoms with van der Waals surface area (Å²) in [7, 11) is 0. The first-order valence-electron chi connectivity index (χ1n) is 2.39. The molecule has 8 heavy (non-hydrogen) atoms. The highest BCUT2D eigenvalue weighted by Crippen LogP contribution is 2.31. The molecular formula is C5H4N2S. The van der Waals surface area contributed by atoms with Crippen molar-refractivity contribution in [3.8, 4) is 0 Å². The molecule has 3 heteroatoms. The summed E-state index contributed by atoms with van der Waals surface area (Å²) in [6.07, 6.45) is 1.83. The highest BCUT2D eigenvalue weighted by atomic mass is 32.2. The third-order valence-corrected chi connectivity index (χ3v) is 2.01. The molecule has 2 aliphatic rings. The smallest absolute Gasteiger partial charge is 0.0976 e. The van der Waals surface area contributed by atoms with E-state index in [1.165, 1.54) is 5.57 Å². The molecule has 0 bridgehead atoms. The van der Waals surface area contributed by atoms with E-state index in [0.29, 0.717) is 0 Å². The molecular weight excluding hydrogens is 120 g/mol. The minimum atomic E-state index is 1.06. The molecule has 2 heterocycles. The topological polar surface area (TPSA) is 24.7 Å². The summed E-state index contributed by atoms with van der Waals surface area (Å²) in [5.74, 6) is 1.06. The first-order chi connectivity index (χ1) is 3.97. The van der Waals surface area contributed by atoms with E-state index in [1.54, 1.807) is 11.8 Å². The fourth-order valence-corrected chi connectivity index (χ4v) is 1.55. The normalized spacial score (nSPS) is 23.0. The van der Waals surface area contributed by atoms with Crippen LogP contribution < -0.4 is 0 Å². The van der Waals surface area contributed by atoms with Crippen LogP contribution in [-0.4, -0.2) is 5.75 Å². The Morgan fingerprint density at radius 3 is 3.50 bits per heavy atom. The molecule has 0 aromatic heterocycles. The Labute approximate surface area is 51.4 Å². The van der Waals surface area contributed by atoms with Gasteiger partial charge in [0.05, 0.1) is 11.9 Å². The van der Waals surface area contributed by atoms with Gasteiger partial charge in [-0.25, -0.2) is 0 Å². The van der Waals surface area contributed by atoms with Gasteiger partial charge < -0.3 is 0 Å². The van der Waals surface area contributed by atoms with Crippen LogP contribution in [0.5, 0.6) is 0 Å². The van der Waals surface area contributed by atoms with Crippen molar-refractivity contribution < 1.29 is 0 Å². The number of allylic oxidation sites excluding steroid dienone is 1. The zero-order valence-electron chi connectivity index (χ0n) is 4.16. The number of thioether (sulfide) groups is 1. The summed E-state index contributed by atoms with van der Waals surface area (Å²) >= 11 is 1.78. The van der Waals surface area contributed by atoms with E-state index >= 15 is 0 Å². The van der Waals surface area contributed by atoms with Crippen molar-refractivity contribution in [2.75, 3.05) is 5.75 Å². The van der Waals surface area contributed by atoms with Gasteiger partial charge in [-0.3, -0.25) is 0 Å². The van der Waals surface area contributed by atoms with E-state index in [2.05, 4.69) is 10.2 Å². The number of azo groups is 1. The van der Waals surface area contributed by atoms with Crippen LogP contribution in [0, 0.1) is 0 Å². The maximum atomic E-state index is 3.87. The Balaban J connectivity index is 2.49. The first-order valence-corrected chi connectivity index (χ1v) is 3.44. The Bertz CT molecular complexity index is 202. The maximum Gasteiger partial charge on any atom is 0.0976 e. The zero-order chi connectivity index (χ0) is 5.40. The van der Waals surface area contributed by atoms with Gasteiger partial charge in [0.15, 0.2) is 0 Å². The predicted molar refractivity (Wildman–Crippen MR) is 33.5 cm³/mol. The van der Waals surface area contributed by atoms with Crippen LogP contribution >= 0.6 is 11.8 Å². The second-order valence-electron chi connectivity index (χ2n) is 1.68. The fourth-order valence-electron chi connectivity index (χ4n) is 0.712. The second-order valence-corrected chi connectivity index (χ2v) is 2.54. The van der Waals surface area contributed by atoms with Crippen molar-refractivity contribution in [3.63, 3.8) is 0 Å². The summed E-state index contributed by atoms with van der Waals surface area (Å²) in [6, 6.07) is 0. The number of nitrogens with zero attached hydrogens (tertiary/aromatic N) is 2. The van der Waals surface area contributed by atoms with E-state index in [1.807, 2.05) is 11.6 Å². The lowest BCUT2D eigenvalue weighted by Gasteiger charge is -1.82. The number of hydrogen-bond acceptors (Lipinski definition) is 3. The minimum absolute atomic E-state index is 1.06. The molecule has 0 aliphatic carbocycles. The van der Waals surface area contributed by atoms with Crippen LogP contribution in [0.25, 0.3) is 0 Å². The quantitative estimate of drug-likeness (QED) is 0.484. The van der Waals surface area contributed by atoms with Crippen LogP contribution in [0.2, 0.25) is 0 Å². The lowest BCUT2D eigenvalue weighted by Crippen LogP contribution is -1.75. The second kappa shape index (κ2) is 1.45. The average Bonchev–Trinajstić information content (AvgIpc) is 2.15. The third kappa shape index (κ3) is 0.448. The molecule has 0 aromatic rings. The van der Waals surface area contributed by atoms with Gasteiger partial charge in [0, 0.05) is 11.3 Å². The molecule has 0 spiro atoms. The monoisotopic (exact) mass is 124 g/mol. The lowest BCUT2D eigenvalue weighted by molar-refractivity contribution is 1.23. The number of hydrogen-bond donors (Lipinski definition) is 0. The summed E-state index contributed by atoms with van der Waals surface area (Å²) in [5, 5.41) is 9.66. The minimum Gasteiger partial charge on any atom is -0.158 e. The molecule has 0 radical (unpaired) electrons. The Hall–Kier alpha value is -0.570. The van der Waals surface area contributed by atoms with Crippen molar-refractivity contribution in [3.05, 3.63) is 22.9 Å². The van der Waals surface area contributed by atoms with Crippen LogP contribution in [0.4, 0.5) is 0 Å². The molecule has 2 aliphatic heterocycles. The van der Waals surface area contributed by atoms with Gasteiger partial charge >= 0.3 is 0 Å². The van der Waals surface area contributed by atoms with Crippen LogP contribution in [0.1, 0.15) is 0 Å². The van der Waals surface area contributed by atoms with Crippen molar-refractivity contribution in [2.45, 2.75) is 0 Å². The van der Waals surface area contributed by atoms with Crippen molar-refractivity contribution in [2.24, 2.45) is 10.2 Å². The molecule has 40 valence electrons. The van der Waals surface area contributed by atoms with Gasteiger partial charge in [0.25, 0.3) is 0 Å². The van der Waals surface area contributed by atoms with Crippen LogP contribution in [-0.2, 0) is 0 Å². The summed E-state index contributed by atoms with van der Waals surface area (Å²) < 4.78 is 0. The number of rotatable bonds is 0. The molecule has 0 aromatic carbocycles. The van der Waals surface area contributed by atoms with E-state index < -0.39 is 0 Å². The Morgan fingerprint density at radius 2 is 2.62 bits per heavy atom. The van der Waals surface area contributed by atoms with Gasteiger partial charge in [-0.2, -0.15) is 10.2 Å². The molecule has 2 nitrogen and oxygen atoms in total. The lowest BCUT2D eigenvalue weighted by atomic mass is 10.3. The van der Waals surface area contributed by atoms with E-state index in [0.717, 1.165) is 11.4 Å². The van der Waals surface area contributed by atoms with Gasteiger partial charge in [0.1, 0.15) is 0 Å². The molecule has 0 saturated carbocycles. The Morgan fingerprint density at radius 1 is 1.62 bits per heavy atom. The highest BCUT2D eigenvalue weighted by molar-refractivity contribution is 8.02. The predicted octanol–water partition coefficient (Wildman–Crippen LogP) is 1.92. The molecule has 0 unspecified atom stereocenters. The highest BCUT2D eigenvalue weighted by Gasteiger charge is 2.13. The SMILES string of the molecule is C1=C2CSC=C2N=N1. The van der Waals surface area contributed by atoms with E-state index in [4.69, 9.17) is 0 Å². The van der Waals surface area contributed by atoms with Crippen molar-refractivity contribution >= 4 is 11.8 Å². The average molecular weight is 124 g/mol. The standard InChI is InChI=1S/C5H4N2S/c1-4-2-8-3-5(4)7-6-1/h1,3H,2H2. The molecule has 0 N–H and O–H groups in total. The summed E-state index contributed by atoms with van der Waals surface area (Å²) in [6.45, 7) is 0. The Kier molecular flexibility index (Phi) is 0.784. The fraction of sp³-hybridized carbons (Fsp3) is 0.200. The number of fused-ring (bicyclic) bond motifs is 1. The zero-order valence-corrected chi connectivity index (χ0v) is 4.98. The molecule has 0 atom stereocenters. The van der Waals surface area contributed by atoms with Crippen molar-refractivity contribution in [1.82, 2.24) is 0 Å². The largest absolute Gasteiger partial charge is 0.158 e. The maximum absolute atomic E-state index is 3.87. The summed E-state index contributed by atoms with van der Waals surface area (Å²) in [4.78, 5) is 0. The van der Waals surface area contributed by atoms with Gasteiger partial charge in [-0.1, -0.05) is 0 Å². The van der Waals surface area contributed by atoms with Crippen LogP contribution in [0.3, 0.4) is 0 Å². The van der Waals surface area contributed by atoms with Gasteiger partial charge in [-0.05, 0) is 5.41 Å². The van der Waals surface area contributed by atoms with Gasteiger partial charge in [-0.15, -0.1) is 11.8 Å². The van der Waals surface area contributed by atoms with Gasteiger partial charge in [0.2, 0.25) is 0 Å². The third-order valence-electron chi connectivity index (χ3n) is 1.14. The molecule has 0 amide bonds. The van der Waals surface area contributed by atoms with Crippen molar-refractivity contribution in [1.29, 1.82) is 0 Å². The molecule has 0 fully saturated rings. The summed E-state index contributed by atoms with van der Waals surface area (Å²) in [5.41, 5.74) is 2.34. The molecule has 0 saturated heterocycles. The van der Waals surface area contributed by atoms with E-state index in [-0.39, 0.29) is 0 Å².